The highest BCUT2D eigenvalue weighted by atomic mass is 32.2. The number of hydrogen-bond donors (Lipinski definition) is 2. The molecule has 2 N–H and O–H groups in total. The van der Waals surface area contributed by atoms with Gasteiger partial charge in [0.25, 0.3) is 0 Å². The van der Waals surface area contributed by atoms with Crippen molar-refractivity contribution in [2.45, 2.75) is 37.2 Å². The zero-order chi connectivity index (χ0) is 15.5. The summed E-state index contributed by atoms with van der Waals surface area (Å²) in [4.78, 5) is 0.351. The van der Waals surface area contributed by atoms with Crippen LogP contribution in [0.4, 0.5) is 0 Å². The van der Waals surface area contributed by atoms with E-state index >= 15 is 0 Å². The minimum atomic E-state index is -3.45. The first-order valence-electron chi connectivity index (χ1n) is 7.32. The predicted molar refractivity (Wildman–Crippen MR) is 81.7 cm³/mol. The maximum atomic E-state index is 12.4. The van der Waals surface area contributed by atoms with Crippen molar-refractivity contribution in [3.8, 4) is 0 Å². The fourth-order valence-electron chi connectivity index (χ4n) is 2.34. The predicted octanol–water partition coefficient (Wildman–Crippen LogP) is 1.10. The molecular formula is C14H25N3O3S. The lowest BCUT2D eigenvalue weighted by Gasteiger charge is -2.11. The van der Waals surface area contributed by atoms with Crippen LogP contribution in [-0.2, 0) is 21.3 Å². The fourth-order valence-corrected chi connectivity index (χ4v) is 3.55. The molecule has 0 amide bonds. The third kappa shape index (κ3) is 4.29. The number of methoxy groups -OCH3 is 1. The summed E-state index contributed by atoms with van der Waals surface area (Å²) < 4.78 is 34.5. The molecule has 0 saturated heterocycles. The standard InChI is InChI=1S/C14H25N3O3S/c1-11(10-20-3)7-16-21(18,19)14-6-13(8-15-2)17(9-14)12-4-5-12/h6,9,11-12,15-16H,4-5,7-8,10H2,1-3H3. The van der Waals surface area contributed by atoms with Gasteiger partial charge in [-0.15, -0.1) is 0 Å². The first-order valence-corrected chi connectivity index (χ1v) is 8.80. The summed E-state index contributed by atoms with van der Waals surface area (Å²) in [7, 11) is 0.0265. The molecule has 1 aliphatic rings. The molecule has 0 radical (unpaired) electrons. The molecule has 1 saturated carbocycles. The molecule has 7 heteroatoms. The minimum Gasteiger partial charge on any atom is -0.384 e. The largest absolute Gasteiger partial charge is 0.384 e. The van der Waals surface area contributed by atoms with Crippen LogP contribution in [0.15, 0.2) is 17.2 Å². The Morgan fingerprint density at radius 1 is 1.48 bits per heavy atom. The Kier molecular flexibility index (Phi) is 5.43. The summed E-state index contributed by atoms with van der Waals surface area (Å²) in [6, 6.07) is 2.22. The van der Waals surface area contributed by atoms with E-state index in [0.717, 1.165) is 18.5 Å². The van der Waals surface area contributed by atoms with Gasteiger partial charge in [-0.3, -0.25) is 0 Å². The van der Waals surface area contributed by atoms with Gasteiger partial charge in [0.2, 0.25) is 10.0 Å². The van der Waals surface area contributed by atoms with Crippen molar-refractivity contribution in [3.05, 3.63) is 18.0 Å². The topological polar surface area (TPSA) is 72.4 Å². The second-order valence-electron chi connectivity index (χ2n) is 5.75. The van der Waals surface area contributed by atoms with E-state index in [-0.39, 0.29) is 5.92 Å². The summed E-state index contributed by atoms with van der Waals surface area (Å²) in [5.41, 5.74) is 1.02. The number of nitrogens with one attached hydrogen (secondary N) is 2. The molecule has 0 bridgehead atoms. The lowest BCUT2D eigenvalue weighted by atomic mass is 10.2. The molecule has 1 fully saturated rings. The smallest absolute Gasteiger partial charge is 0.242 e. The molecular weight excluding hydrogens is 290 g/mol. The Bertz CT molecular complexity index is 564. The van der Waals surface area contributed by atoms with Gasteiger partial charge in [-0.2, -0.15) is 0 Å². The van der Waals surface area contributed by atoms with Gasteiger partial charge in [0.1, 0.15) is 0 Å². The third-order valence-electron chi connectivity index (χ3n) is 3.59. The molecule has 1 atom stereocenters. The lowest BCUT2D eigenvalue weighted by molar-refractivity contribution is 0.161. The van der Waals surface area contributed by atoms with E-state index in [4.69, 9.17) is 4.74 Å². The summed E-state index contributed by atoms with van der Waals surface area (Å²) >= 11 is 0. The number of rotatable bonds is 9. The number of ether oxygens (including phenoxy) is 1. The number of nitrogens with zero attached hydrogens (tertiary/aromatic N) is 1. The zero-order valence-corrected chi connectivity index (χ0v) is 13.7. The average Bonchev–Trinajstić information content (AvgIpc) is 3.18. The van der Waals surface area contributed by atoms with Crippen LogP contribution in [0, 0.1) is 5.92 Å². The zero-order valence-electron chi connectivity index (χ0n) is 12.9. The Balaban J connectivity index is 2.10. The Hall–Kier alpha value is -0.890. The van der Waals surface area contributed by atoms with E-state index in [9.17, 15) is 8.42 Å². The van der Waals surface area contributed by atoms with Gasteiger partial charge in [0.15, 0.2) is 0 Å². The molecule has 0 aromatic carbocycles. The fraction of sp³-hybridized carbons (Fsp3) is 0.714. The first-order chi connectivity index (χ1) is 9.97. The molecule has 1 unspecified atom stereocenters. The van der Waals surface area contributed by atoms with Gasteiger partial charge in [0.05, 0.1) is 4.90 Å². The van der Waals surface area contributed by atoms with Crippen molar-refractivity contribution in [1.29, 1.82) is 0 Å². The Morgan fingerprint density at radius 2 is 2.19 bits per heavy atom. The SMILES string of the molecule is CNCc1cc(S(=O)(=O)NCC(C)COC)cn1C1CC1. The van der Waals surface area contributed by atoms with Gasteiger partial charge in [0, 0.05) is 44.7 Å². The molecule has 21 heavy (non-hydrogen) atoms. The molecule has 1 heterocycles. The maximum Gasteiger partial charge on any atom is 0.242 e. The van der Waals surface area contributed by atoms with Crippen molar-refractivity contribution >= 4 is 10.0 Å². The summed E-state index contributed by atoms with van der Waals surface area (Å²) in [6.07, 6.45) is 4.01. The van der Waals surface area contributed by atoms with Crippen molar-refractivity contribution in [1.82, 2.24) is 14.6 Å². The number of hydrogen-bond acceptors (Lipinski definition) is 4. The molecule has 1 aromatic rings. The van der Waals surface area contributed by atoms with Crippen molar-refractivity contribution in [2.24, 2.45) is 5.92 Å². The summed E-state index contributed by atoms with van der Waals surface area (Å²) in [5, 5.41) is 3.09. The van der Waals surface area contributed by atoms with E-state index in [1.165, 1.54) is 0 Å². The highest BCUT2D eigenvalue weighted by molar-refractivity contribution is 7.89. The van der Waals surface area contributed by atoms with Gasteiger partial charge < -0.3 is 14.6 Å². The van der Waals surface area contributed by atoms with Crippen LogP contribution in [0.2, 0.25) is 0 Å². The molecule has 0 aliphatic heterocycles. The van der Waals surface area contributed by atoms with E-state index in [0.29, 0.717) is 30.6 Å². The monoisotopic (exact) mass is 315 g/mol. The molecule has 1 aliphatic carbocycles. The highest BCUT2D eigenvalue weighted by Gasteiger charge is 2.28. The number of sulfonamides is 1. The van der Waals surface area contributed by atoms with E-state index in [2.05, 4.69) is 14.6 Å². The quantitative estimate of drug-likeness (QED) is 0.716. The van der Waals surface area contributed by atoms with Gasteiger partial charge >= 0.3 is 0 Å². The van der Waals surface area contributed by atoms with E-state index in [1.54, 1.807) is 19.4 Å². The molecule has 1 aromatic heterocycles. The normalized spacial score (nSPS) is 17.1. The van der Waals surface area contributed by atoms with Crippen LogP contribution in [-0.4, -0.2) is 40.3 Å². The second kappa shape index (κ2) is 6.91. The van der Waals surface area contributed by atoms with Crippen LogP contribution >= 0.6 is 0 Å². The summed E-state index contributed by atoms with van der Waals surface area (Å²) in [5.74, 6) is 0.145. The molecule has 2 rings (SSSR count). The van der Waals surface area contributed by atoms with Crippen LogP contribution in [0.5, 0.6) is 0 Å². The average molecular weight is 315 g/mol. The lowest BCUT2D eigenvalue weighted by Crippen LogP contribution is -2.29. The van der Waals surface area contributed by atoms with E-state index in [1.807, 2.05) is 14.0 Å². The van der Waals surface area contributed by atoms with Crippen LogP contribution in [0.25, 0.3) is 0 Å². The van der Waals surface area contributed by atoms with Crippen molar-refractivity contribution in [3.63, 3.8) is 0 Å². The minimum absolute atomic E-state index is 0.145. The van der Waals surface area contributed by atoms with Gasteiger partial charge in [-0.25, -0.2) is 13.1 Å². The Morgan fingerprint density at radius 3 is 2.76 bits per heavy atom. The van der Waals surface area contributed by atoms with Crippen molar-refractivity contribution < 1.29 is 13.2 Å². The first kappa shape index (κ1) is 16.5. The van der Waals surface area contributed by atoms with E-state index < -0.39 is 10.0 Å². The maximum absolute atomic E-state index is 12.4. The summed E-state index contributed by atoms with van der Waals surface area (Å²) in [6.45, 7) is 3.54. The van der Waals surface area contributed by atoms with Crippen molar-refractivity contribution in [2.75, 3.05) is 27.3 Å². The molecule has 6 nitrogen and oxygen atoms in total. The highest BCUT2D eigenvalue weighted by Crippen LogP contribution is 2.37. The third-order valence-corrected chi connectivity index (χ3v) is 4.98. The Labute approximate surface area is 126 Å². The second-order valence-corrected chi connectivity index (χ2v) is 7.52. The number of aromatic nitrogens is 1. The van der Waals surface area contributed by atoms with Crippen LogP contribution < -0.4 is 10.0 Å². The molecule has 0 spiro atoms. The molecule has 120 valence electrons. The van der Waals surface area contributed by atoms with Gasteiger partial charge in [-0.05, 0) is 31.9 Å². The van der Waals surface area contributed by atoms with Crippen LogP contribution in [0.3, 0.4) is 0 Å². The van der Waals surface area contributed by atoms with Gasteiger partial charge in [-0.1, -0.05) is 6.92 Å². The van der Waals surface area contributed by atoms with Crippen LogP contribution in [0.1, 0.15) is 31.5 Å².